The highest BCUT2D eigenvalue weighted by molar-refractivity contribution is 5.78. The maximum Gasteiger partial charge on any atom is 0.407 e. The summed E-state index contributed by atoms with van der Waals surface area (Å²) in [7, 11) is 0. The molecule has 0 radical (unpaired) electrons. The van der Waals surface area contributed by atoms with Gasteiger partial charge in [-0.2, -0.15) is 0 Å². The Labute approximate surface area is 171 Å². The number of para-hydroxylation sites is 1. The molecule has 0 saturated carbocycles. The maximum absolute atomic E-state index is 13.4. The van der Waals surface area contributed by atoms with Gasteiger partial charge in [-0.15, -0.1) is 0 Å². The van der Waals surface area contributed by atoms with Crippen molar-refractivity contribution in [2.24, 2.45) is 0 Å². The van der Waals surface area contributed by atoms with Gasteiger partial charge in [-0.3, -0.25) is 9.36 Å². The second-order valence-corrected chi connectivity index (χ2v) is 6.58. The van der Waals surface area contributed by atoms with Crippen LogP contribution in [0.5, 0.6) is 0 Å². The van der Waals surface area contributed by atoms with Gasteiger partial charge in [-0.25, -0.2) is 14.2 Å². The van der Waals surface area contributed by atoms with Gasteiger partial charge in [0.05, 0.1) is 23.1 Å². The zero-order valence-electron chi connectivity index (χ0n) is 15.9. The van der Waals surface area contributed by atoms with Crippen molar-refractivity contribution in [3.05, 3.63) is 106 Å². The average Bonchev–Trinajstić information content (AvgIpc) is 2.78. The summed E-state index contributed by atoms with van der Waals surface area (Å²) in [4.78, 5) is 29.7. The number of nitrogens with one attached hydrogen (secondary N) is 1. The molecule has 0 fully saturated rings. The van der Waals surface area contributed by atoms with Gasteiger partial charge in [-0.1, -0.05) is 42.5 Å². The molecule has 0 aliphatic rings. The van der Waals surface area contributed by atoms with Crippen molar-refractivity contribution in [2.45, 2.75) is 13.2 Å². The second-order valence-electron chi connectivity index (χ2n) is 6.58. The summed E-state index contributed by atoms with van der Waals surface area (Å²) in [5.74, 6) is -0.105. The Hall–Kier alpha value is -4.00. The third-order valence-corrected chi connectivity index (χ3v) is 4.53. The number of hydrogen-bond donors (Lipinski definition) is 1. The quantitative estimate of drug-likeness (QED) is 0.548. The molecule has 0 spiro atoms. The summed E-state index contributed by atoms with van der Waals surface area (Å²) < 4.78 is 19.9. The fourth-order valence-electron chi connectivity index (χ4n) is 3.08. The Morgan fingerprint density at radius 2 is 1.67 bits per heavy atom. The van der Waals surface area contributed by atoms with Crippen LogP contribution in [-0.4, -0.2) is 15.6 Å². The molecule has 1 aromatic heterocycles. The number of nitrogens with zero attached hydrogens (tertiary/aromatic N) is 2. The van der Waals surface area contributed by atoms with E-state index in [1.807, 2.05) is 30.3 Å². The van der Waals surface area contributed by atoms with Gasteiger partial charge in [-0.05, 0) is 42.0 Å². The minimum absolute atomic E-state index is 0.0366. The van der Waals surface area contributed by atoms with E-state index in [1.54, 1.807) is 24.3 Å². The molecule has 0 aliphatic heterocycles. The molecule has 4 aromatic rings. The highest BCUT2D eigenvalue weighted by Crippen LogP contribution is 2.14. The first-order valence-electron chi connectivity index (χ1n) is 9.33. The number of alkyl carbamates (subject to hydrolysis) is 1. The van der Waals surface area contributed by atoms with Crippen molar-refractivity contribution < 1.29 is 13.9 Å². The van der Waals surface area contributed by atoms with E-state index in [-0.39, 0.29) is 18.7 Å². The van der Waals surface area contributed by atoms with Crippen LogP contribution < -0.4 is 10.9 Å². The predicted molar refractivity (Wildman–Crippen MR) is 111 cm³/mol. The average molecular weight is 403 g/mol. The van der Waals surface area contributed by atoms with Gasteiger partial charge in [0, 0.05) is 0 Å². The highest BCUT2D eigenvalue weighted by atomic mass is 19.1. The molecule has 0 saturated heterocycles. The minimum Gasteiger partial charge on any atom is -0.445 e. The van der Waals surface area contributed by atoms with Crippen molar-refractivity contribution in [2.75, 3.05) is 0 Å². The maximum atomic E-state index is 13.4. The lowest BCUT2D eigenvalue weighted by Crippen LogP contribution is -2.30. The number of carbonyl (C=O) groups excluding carboxylic acids is 1. The molecule has 1 N–H and O–H groups in total. The van der Waals surface area contributed by atoms with Crippen LogP contribution in [0.4, 0.5) is 9.18 Å². The van der Waals surface area contributed by atoms with Crippen LogP contribution in [0.1, 0.15) is 11.4 Å². The third kappa shape index (κ3) is 4.20. The lowest BCUT2D eigenvalue weighted by Gasteiger charge is -2.14. The first-order chi connectivity index (χ1) is 14.6. The van der Waals surface area contributed by atoms with Gasteiger partial charge < -0.3 is 10.1 Å². The topological polar surface area (TPSA) is 73.2 Å². The Kier molecular flexibility index (Phi) is 5.52. The molecule has 0 aliphatic carbocycles. The first-order valence-corrected chi connectivity index (χ1v) is 9.33. The normalized spacial score (nSPS) is 10.7. The number of ether oxygens (including phenoxy) is 1. The fraction of sp³-hybridized carbons (Fsp3) is 0.0870. The van der Waals surface area contributed by atoms with E-state index >= 15 is 0 Å². The Balaban J connectivity index is 1.60. The van der Waals surface area contributed by atoms with Crippen LogP contribution in [0, 0.1) is 5.82 Å². The number of hydrogen-bond acceptors (Lipinski definition) is 4. The van der Waals surface area contributed by atoms with Crippen molar-refractivity contribution in [3.8, 4) is 5.69 Å². The number of halogens is 1. The van der Waals surface area contributed by atoms with E-state index in [1.165, 1.54) is 28.8 Å². The summed E-state index contributed by atoms with van der Waals surface area (Å²) >= 11 is 0. The molecule has 30 heavy (non-hydrogen) atoms. The first kappa shape index (κ1) is 19.3. The molecule has 1 heterocycles. The van der Waals surface area contributed by atoms with Crippen LogP contribution >= 0.6 is 0 Å². The number of rotatable bonds is 5. The van der Waals surface area contributed by atoms with E-state index in [9.17, 15) is 14.0 Å². The summed E-state index contributed by atoms with van der Waals surface area (Å²) in [6.07, 6.45) is -0.632. The Morgan fingerprint density at radius 3 is 2.43 bits per heavy atom. The molecular weight excluding hydrogens is 385 g/mol. The lowest BCUT2D eigenvalue weighted by atomic mass is 10.2. The second kappa shape index (κ2) is 8.57. The summed E-state index contributed by atoms with van der Waals surface area (Å²) in [5, 5.41) is 3.05. The van der Waals surface area contributed by atoms with Gasteiger partial charge in [0.1, 0.15) is 18.2 Å². The number of aromatic nitrogens is 2. The van der Waals surface area contributed by atoms with Gasteiger partial charge >= 0.3 is 6.09 Å². The highest BCUT2D eigenvalue weighted by Gasteiger charge is 2.14. The lowest BCUT2D eigenvalue weighted by molar-refractivity contribution is 0.139. The molecule has 150 valence electrons. The van der Waals surface area contributed by atoms with Gasteiger partial charge in [0.25, 0.3) is 5.56 Å². The third-order valence-electron chi connectivity index (χ3n) is 4.53. The number of amides is 1. The van der Waals surface area contributed by atoms with E-state index in [2.05, 4.69) is 10.3 Å². The van der Waals surface area contributed by atoms with Crippen LogP contribution in [-0.2, 0) is 17.9 Å². The van der Waals surface area contributed by atoms with Gasteiger partial charge in [0.2, 0.25) is 0 Å². The van der Waals surface area contributed by atoms with Crippen LogP contribution in [0.3, 0.4) is 0 Å². The molecular formula is C23H18FN3O3. The van der Waals surface area contributed by atoms with Gasteiger partial charge in [0.15, 0.2) is 0 Å². The largest absolute Gasteiger partial charge is 0.445 e. The van der Waals surface area contributed by atoms with E-state index in [0.717, 1.165) is 5.56 Å². The standard InChI is InChI=1S/C23H18FN3O3/c24-17-10-12-18(13-11-17)27-21(26-20-9-5-4-8-19(20)22(27)28)14-25-23(29)30-15-16-6-2-1-3-7-16/h1-13H,14-15H2,(H,25,29). The Bertz CT molecular complexity index is 1240. The minimum atomic E-state index is -0.632. The van der Waals surface area contributed by atoms with Crippen molar-refractivity contribution in [3.63, 3.8) is 0 Å². The summed E-state index contributed by atoms with van der Waals surface area (Å²) in [6, 6.07) is 21.7. The molecule has 6 nitrogen and oxygen atoms in total. The zero-order chi connectivity index (χ0) is 20.9. The molecule has 7 heteroatoms. The summed E-state index contributed by atoms with van der Waals surface area (Å²) in [5.41, 5.74) is 1.52. The molecule has 3 aromatic carbocycles. The zero-order valence-corrected chi connectivity index (χ0v) is 15.9. The molecule has 0 bridgehead atoms. The number of carbonyl (C=O) groups is 1. The van der Waals surface area contributed by atoms with Crippen molar-refractivity contribution in [1.29, 1.82) is 0 Å². The summed E-state index contributed by atoms with van der Waals surface area (Å²) in [6.45, 7) is 0.0909. The number of benzene rings is 3. The molecule has 1 amide bonds. The smallest absolute Gasteiger partial charge is 0.407 e. The SMILES string of the molecule is O=C(NCc1nc2ccccc2c(=O)n1-c1ccc(F)cc1)OCc1ccccc1. The fourth-order valence-corrected chi connectivity index (χ4v) is 3.08. The van der Waals surface area contributed by atoms with Crippen molar-refractivity contribution in [1.82, 2.24) is 14.9 Å². The van der Waals surface area contributed by atoms with Crippen LogP contribution in [0.15, 0.2) is 83.7 Å². The van der Waals surface area contributed by atoms with Crippen molar-refractivity contribution >= 4 is 17.0 Å². The number of fused-ring (bicyclic) bond motifs is 1. The van der Waals surface area contributed by atoms with E-state index in [4.69, 9.17) is 4.74 Å². The predicted octanol–water partition coefficient (Wildman–Crippen LogP) is 3.95. The molecule has 0 unspecified atom stereocenters. The van der Waals surface area contributed by atoms with E-state index in [0.29, 0.717) is 22.4 Å². The van der Waals surface area contributed by atoms with Crippen LogP contribution in [0.25, 0.3) is 16.6 Å². The molecule has 0 atom stereocenters. The Morgan fingerprint density at radius 1 is 0.967 bits per heavy atom. The monoisotopic (exact) mass is 403 g/mol. The molecule has 4 rings (SSSR count). The van der Waals surface area contributed by atoms with E-state index < -0.39 is 11.9 Å². The van der Waals surface area contributed by atoms with Crippen LogP contribution in [0.2, 0.25) is 0 Å².